The van der Waals surface area contributed by atoms with Crippen LogP contribution >= 0.6 is 24.0 Å². The Morgan fingerprint density at radius 3 is 2.44 bits per heavy atom. The second kappa shape index (κ2) is 13.5. The Labute approximate surface area is 208 Å². The molecule has 0 aliphatic carbocycles. The summed E-state index contributed by atoms with van der Waals surface area (Å²) in [7, 11) is 3.52. The van der Waals surface area contributed by atoms with Gasteiger partial charge in [0.15, 0.2) is 5.96 Å². The topological polar surface area (TPSA) is 73.1 Å². The molecule has 0 spiro atoms. The normalized spacial score (nSPS) is 15.5. The zero-order valence-electron chi connectivity index (χ0n) is 19.3. The molecule has 7 nitrogen and oxygen atoms in total. The molecule has 0 saturated carbocycles. The van der Waals surface area contributed by atoms with Crippen molar-refractivity contribution in [2.45, 2.75) is 38.8 Å². The summed E-state index contributed by atoms with van der Waals surface area (Å²) in [5.74, 6) is 1.78. The lowest BCUT2D eigenvalue weighted by molar-refractivity contribution is 0.0827. The number of rotatable bonds is 8. The molecule has 8 heteroatoms. The minimum atomic E-state index is 0. The van der Waals surface area contributed by atoms with Gasteiger partial charge < -0.3 is 20.0 Å². The molecule has 0 radical (unpaired) electrons. The minimum Gasteiger partial charge on any atom is -0.468 e. The molecule has 0 bridgehead atoms. The average molecular weight is 553 g/mol. The molecular weight excluding hydrogens is 517 g/mol. The van der Waals surface area contributed by atoms with Crippen molar-refractivity contribution in [1.82, 2.24) is 20.4 Å². The number of hydrogen-bond donors (Lipinski definition) is 2. The van der Waals surface area contributed by atoms with Gasteiger partial charge in [0.25, 0.3) is 5.91 Å². The van der Waals surface area contributed by atoms with Crippen LogP contribution in [0.15, 0.2) is 52.1 Å². The fourth-order valence-electron chi connectivity index (χ4n) is 3.84. The van der Waals surface area contributed by atoms with Gasteiger partial charge in [-0.2, -0.15) is 0 Å². The average Bonchev–Trinajstić information content (AvgIpc) is 3.32. The lowest BCUT2D eigenvalue weighted by Gasteiger charge is -2.33. The van der Waals surface area contributed by atoms with Gasteiger partial charge in [-0.15, -0.1) is 24.0 Å². The summed E-state index contributed by atoms with van der Waals surface area (Å²) in [6.45, 7) is 6.32. The molecule has 32 heavy (non-hydrogen) atoms. The van der Waals surface area contributed by atoms with E-state index in [4.69, 9.17) is 9.41 Å². The van der Waals surface area contributed by atoms with Gasteiger partial charge >= 0.3 is 0 Å². The molecule has 1 fully saturated rings. The Morgan fingerprint density at radius 1 is 1.12 bits per heavy atom. The van der Waals surface area contributed by atoms with Gasteiger partial charge in [-0.1, -0.05) is 18.6 Å². The first-order valence-corrected chi connectivity index (χ1v) is 11.2. The molecule has 3 rings (SSSR count). The van der Waals surface area contributed by atoms with Crippen LogP contribution < -0.4 is 10.6 Å². The number of benzene rings is 1. The summed E-state index contributed by atoms with van der Waals surface area (Å²) in [5.41, 5.74) is 1.75. The number of carbonyl (C=O) groups excluding carboxylic acids is 1. The van der Waals surface area contributed by atoms with Crippen LogP contribution in [0.2, 0.25) is 0 Å². The van der Waals surface area contributed by atoms with Crippen molar-refractivity contribution >= 4 is 35.8 Å². The van der Waals surface area contributed by atoms with Gasteiger partial charge in [0.05, 0.1) is 18.8 Å². The van der Waals surface area contributed by atoms with Gasteiger partial charge in [-0.25, -0.2) is 4.99 Å². The molecule has 1 aromatic carbocycles. The van der Waals surface area contributed by atoms with E-state index in [2.05, 4.69) is 28.5 Å². The number of furan rings is 1. The summed E-state index contributed by atoms with van der Waals surface area (Å²) in [5, 5.41) is 6.83. The van der Waals surface area contributed by atoms with Gasteiger partial charge in [0.2, 0.25) is 0 Å². The maximum atomic E-state index is 12.1. The van der Waals surface area contributed by atoms with Gasteiger partial charge in [0.1, 0.15) is 5.76 Å². The summed E-state index contributed by atoms with van der Waals surface area (Å²) < 4.78 is 5.74. The van der Waals surface area contributed by atoms with Crippen molar-refractivity contribution in [3.8, 4) is 0 Å². The molecule has 176 valence electrons. The number of nitrogens with one attached hydrogen (secondary N) is 2. The first kappa shape index (κ1) is 26.2. The molecule has 1 saturated heterocycles. The highest BCUT2D eigenvalue weighted by molar-refractivity contribution is 14.0. The molecule has 1 amide bonds. The number of halogens is 1. The maximum absolute atomic E-state index is 12.1. The Balaban J connectivity index is 0.00000363. The molecule has 2 N–H and O–H groups in total. The number of piperidine rings is 1. The van der Waals surface area contributed by atoms with E-state index in [1.807, 2.05) is 30.3 Å². The second-order valence-corrected chi connectivity index (χ2v) is 8.10. The highest BCUT2D eigenvalue weighted by Gasteiger charge is 2.24. The molecule has 1 unspecified atom stereocenters. The van der Waals surface area contributed by atoms with Crippen LogP contribution in [0.3, 0.4) is 0 Å². The summed E-state index contributed by atoms with van der Waals surface area (Å²) in [6.07, 6.45) is 5.52. The van der Waals surface area contributed by atoms with Gasteiger partial charge in [-0.05, 0) is 62.7 Å². The fourth-order valence-corrected chi connectivity index (χ4v) is 3.84. The van der Waals surface area contributed by atoms with Crippen molar-refractivity contribution < 1.29 is 9.21 Å². The maximum Gasteiger partial charge on any atom is 0.253 e. The Kier molecular flexibility index (Phi) is 11.0. The van der Waals surface area contributed by atoms with Crippen LogP contribution in [0.4, 0.5) is 0 Å². The lowest BCUT2D eigenvalue weighted by atomic mass is 10.1. The van der Waals surface area contributed by atoms with E-state index in [-0.39, 0.29) is 35.9 Å². The molecule has 2 aromatic rings. The van der Waals surface area contributed by atoms with E-state index in [1.165, 1.54) is 19.3 Å². The highest BCUT2D eigenvalue weighted by Crippen LogP contribution is 2.24. The highest BCUT2D eigenvalue weighted by atomic mass is 127. The van der Waals surface area contributed by atoms with Crippen molar-refractivity contribution in [3.63, 3.8) is 0 Å². The molecule has 1 atom stereocenters. The fraction of sp³-hybridized carbons (Fsp3) is 0.500. The molecule has 1 aliphatic heterocycles. The van der Waals surface area contributed by atoms with E-state index >= 15 is 0 Å². The van der Waals surface area contributed by atoms with Crippen LogP contribution in [0.25, 0.3) is 0 Å². The monoisotopic (exact) mass is 553 g/mol. The van der Waals surface area contributed by atoms with Crippen molar-refractivity contribution in [2.24, 2.45) is 4.99 Å². The number of likely N-dealkylation sites (tertiary alicyclic amines) is 1. The van der Waals surface area contributed by atoms with Crippen molar-refractivity contribution in [1.29, 1.82) is 0 Å². The smallest absolute Gasteiger partial charge is 0.253 e. The molecular formula is C24H36IN5O2. The summed E-state index contributed by atoms with van der Waals surface area (Å²) >= 11 is 0. The zero-order chi connectivity index (χ0) is 22.1. The third-order valence-electron chi connectivity index (χ3n) is 5.54. The first-order chi connectivity index (χ1) is 15.1. The largest absolute Gasteiger partial charge is 0.468 e. The first-order valence-electron chi connectivity index (χ1n) is 11.2. The van der Waals surface area contributed by atoms with Gasteiger partial charge in [-0.3, -0.25) is 9.69 Å². The number of nitrogens with zero attached hydrogens (tertiary/aromatic N) is 3. The Bertz CT molecular complexity index is 831. The van der Waals surface area contributed by atoms with Gasteiger partial charge in [0, 0.05) is 32.7 Å². The van der Waals surface area contributed by atoms with Crippen LogP contribution in [-0.4, -0.2) is 61.9 Å². The second-order valence-electron chi connectivity index (χ2n) is 8.10. The predicted octanol–water partition coefficient (Wildman–Crippen LogP) is 3.88. The SMILES string of the molecule is CCNC(=NCc1ccc(C(=O)N(C)C)cc1)NCC(c1ccco1)N1CCCCC1.I. The Morgan fingerprint density at radius 2 is 1.84 bits per heavy atom. The van der Waals surface area contributed by atoms with E-state index < -0.39 is 0 Å². The Hall–Kier alpha value is -2.07. The third-order valence-corrected chi connectivity index (χ3v) is 5.54. The zero-order valence-corrected chi connectivity index (χ0v) is 21.7. The van der Waals surface area contributed by atoms with Crippen molar-refractivity contribution in [3.05, 3.63) is 59.5 Å². The van der Waals surface area contributed by atoms with E-state index in [0.717, 1.165) is 43.5 Å². The molecule has 1 aromatic heterocycles. The van der Waals surface area contributed by atoms with E-state index in [0.29, 0.717) is 12.1 Å². The number of amides is 1. The van der Waals surface area contributed by atoms with Crippen LogP contribution in [0.5, 0.6) is 0 Å². The molecule has 1 aliphatic rings. The number of guanidine groups is 1. The number of carbonyl (C=O) groups is 1. The van der Waals surface area contributed by atoms with Crippen LogP contribution in [-0.2, 0) is 6.54 Å². The lowest BCUT2D eigenvalue weighted by Crippen LogP contribution is -2.44. The predicted molar refractivity (Wildman–Crippen MR) is 140 cm³/mol. The minimum absolute atomic E-state index is 0. The number of hydrogen-bond acceptors (Lipinski definition) is 4. The quantitative estimate of drug-likeness (QED) is 0.295. The van der Waals surface area contributed by atoms with Crippen LogP contribution in [0, 0.1) is 0 Å². The third kappa shape index (κ3) is 7.51. The molecule has 2 heterocycles. The standard InChI is InChI=1S/C24H35N5O2.HI/c1-4-25-24(26-17-19-10-12-20(13-11-19)23(30)28(2)3)27-18-21(22-9-8-16-31-22)29-14-6-5-7-15-29;/h8-13,16,21H,4-7,14-15,17-18H2,1-3H3,(H2,25,26,27);1H. The van der Waals surface area contributed by atoms with E-state index in [9.17, 15) is 4.79 Å². The number of aliphatic imine (C=N–C) groups is 1. The van der Waals surface area contributed by atoms with Crippen molar-refractivity contribution in [2.75, 3.05) is 40.3 Å². The summed E-state index contributed by atoms with van der Waals surface area (Å²) in [6, 6.07) is 11.8. The van der Waals surface area contributed by atoms with Crippen LogP contribution in [0.1, 0.15) is 53.9 Å². The van der Waals surface area contributed by atoms with E-state index in [1.54, 1.807) is 25.3 Å². The summed E-state index contributed by atoms with van der Waals surface area (Å²) in [4.78, 5) is 20.9.